The number of carbonyl (C=O) groups excluding carboxylic acids is 1. The molecule has 0 saturated heterocycles. The van der Waals surface area contributed by atoms with Crippen molar-refractivity contribution < 1.29 is 9.53 Å². The van der Waals surface area contributed by atoms with E-state index in [0.717, 1.165) is 5.56 Å². The Labute approximate surface area is 114 Å². The lowest BCUT2D eigenvalue weighted by Gasteiger charge is -2.23. The van der Waals surface area contributed by atoms with Crippen LogP contribution >= 0.6 is 0 Å². The Morgan fingerprint density at radius 1 is 1.32 bits per heavy atom. The second-order valence-electron chi connectivity index (χ2n) is 5.52. The quantitative estimate of drug-likeness (QED) is 0.722. The van der Waals surface area contributed by atoms with Gasteiger partial charge in [0.1, 0.15) is 5.60 Å². The number of rotatable bonds is 4. The molecule has 1 atom stereocenters. The zero-order valence-corrected chi connectivity index (χ0v) is 11.8. The average Bonchev–Trinajstić information content (AvgIpc) is 2.28. The monoisotopic (exact) mass is 265 g/mol. The summed E-state index contributed by atoms with van der Waals surface area (Å²) in [7, 11) is 0. The molecule has 0 spiro atoms. The number of nitrogens with two attached hydrogens (primary N) is 2. The van der Waals surface area contributed by atoms with Gasteiger partial charge in [0.25, 0.3) is 0 Å². The predicted octanol–water partition coefficient (Wildman–Crippen LogP) is 1.66. The first kappa shape index (κ1) is 15.3. The molecular weight excluding hydrogens is 242 g/mol. The van der Waals surface area contributed by atoms with Crippen LogP contribution in [0.5, 0.6) is 0 Å². The van der Waals surface area contributed by atoms with Crippen LogP contribution in [-0.2, 0) is 11.2 Å². The van der Waals surface area contributed by atoms with E-state index in [2.05, 4.69) is 5.32 Å². The maximum absolute atomic E-state index is 11.7. The van der Waals surface area contributed by atoms with E-state index in [4.69, 9.17) is 16.2 Å². The second-order valence-corrected chi connectivity index (χ2v) is 5.52. The van der Waals surface area contributed by atoms with Crippen molar-refractivity contribution in [1.29, 1.82) is 0 Å². The van der Waals surface area contributed by atoms with Gasteiger partial charge in [0.05, 0.1) is 0 Å². The first-order valence-electron chi connectivity index (χ1n) is 6.34. The maximum atomic E-state index is 11.7. The molecule has 0 bridgehead atoms. The predicted molar refractivity (Wildman–Crippen MR) is 76.8 cm³/mol. The number of hydrogen-bond acceptors (Lipinski definition) is 4. The van der Waals surface area contributed by atoms with Crippen LogP contribution in [0.4, 0.5) is 10.5 Å². The van der Waals surface area contributed by atoms with Crippen LogP contribution < -0.4 is 16.8 Å². The highest BCUT2D eigenvalue weighted by Gasteiger charge is 2.18. The molecule has 0 aliphatic carbocycles. The Kier molecular flexibility index (Phi) is 5.18. The lowest BCUT2D eigenvalue weighted by Crippen LogP contribution is -2.44. The highest BCUT2D eigenvalue weighted by molar-refractivity contribution is 5.68. The highest BCUT2D eigenvalue weighted by atomic mass is 16.6. The summed E-state index contributed by atoms with van der Waals surface area (Å²) in [6.45, 7) is 5.82. The molecule has 5 N–H and O–H groups in total. The smallest absolute Gasteiger partial charge is 0.407 e. The summed E-state index contributed by atoms with van der Waals surface area (Å²) in [5, 5.41) is 2.77. The summed E-state index contributed by atoms with van der Waals surface area (Å²) in [4.78, 5) is 11.7. The lowest BCUT2D eigenvalue weighted by atomic mass is 10.1. The van der Waals surface area contributed by atoms with Crippen molar-refractivity contribution in [1.82, 2.24) is 5.32 Å². The summed E-state index contributed by atoms with van der Waals surface area (Å²) >= 11 is 0. The molecule has 5 nitrogen and oxygen atoms in total. The van der Waals surface area contributed by atoms with Crippen molar-refractivity contribution in [2.24, 2.45) is 5.73 Å². The molecule has 106 valence electrons. The number of hydrogen-bond donors (Lipinski definition) is 3. The van der Waals surface area contributed by atoms with E-state index in [9.17, 15) is 4.79 Å². The van der Waals surface area contributed by atoms with E-state index in [0.29, 0.717) is 18.7 Å². The molecule has 5 heteroatoms. The van der Waals surface area contributed by atoms with Gasteiger partial charge in [0.15, 0.2) is 0 Å². The number of ether oxygens (including phenoxy) is 1. The number of anilines is 1. The SMILES string of the molecule is CC(C)(C)OC(=O)NC(CN)Cc1ccc(N)cc1. The van der Waals surface area contributed by atoms with Gasteiger partial charge >= 0.3 is 6.09 Å². The summed E-state index contributed by atoms with van der Waals surface area (Å²) in [5.74, 6) is 0. The number of alkyl carbamates (subject to hydrolysis) is 1. The molecule has 0 saturated carbocycles. The van der Waals surface area contributed by atoms with Gasteiger partial charge in [-0.25, -0.2) is 4.79 Å². The Bertz CT molecular complexity index is 410. The van der Waals surface area contributed by atoms with E-state index in [1.54, 1.807) is 0 Å². The Morgan fingerprint density at radius 3 is 2.37 bits per heavy atom. The Balaban J connectivity index is 2.54. The van der Waals surface area contributed by atoms with Gasteiger partial charge in [-0.3, -0.25) is 0 Å². The molecular formula is C14H23N3O2. The molecule has 1 rings (SSSR count). The van der Waals surface area contributed by atoms with Crippen LogP contribution in [0.25, 0.3) is 0 Å². The van der Waals surface area contributed by atoms with E-state index in [-0.39, 0.29) is 6.04 Å². The van der Waals surface area contributed by atoms with Crippen LogP contribution in [0.15, 0.2) is 24.3 Å². The minimum atomic E-state index is -0.509. The summed E-state index contributed by atoms with van der Waals surface area (Å²) < 4.78 is 5.20. The van der Waals surface area contributed by atoms with Gasteiger partial charge in [-0.15, -0.1) is 0 Å². The molecule has 0 aliphatic heterocycles. The molecule has 1 amide bonds. The molecule has 0 fully saturated rings. The van der Waals surface area contributed by atoms with Crippen molar-refractivity contribution in [2.45, 2.75) is 38.8 Å². The number of benzene rings is 1. The van der Waals surface area contributed by atoms with E-state index in [1.165, 1.54) is 0 Å². The minimum absolute atomic E-state index is 0.154. The van der Waals surface area contributed by atoms with Crippen molar-refractivity contribution in [3.05, 3.63) is 29.8 Å². The van der Waals surface area contributed by atoms with Crippen molar-refractivity contribution in [2.75, 3.05) is 12.3 Å². The molecule has 1 aromatic carbocycles. The van der Waals surface area contributed by atoms with Crippen LogP contribution in [0.2, 0.25) is 0 Å². The van der Waals surface area contributed by atoms with E-state index in [1.807, 2.05) is 45.0 Å². The largest absolute Gasteiger partial charge is 0.444 e. The first-order valence-corrected chi connectivity index (χ1v) is 6.34. The lowest BCUT2D eigenvalue weighted by molar-refractivity contribution is 0.0506. The van der Waals surface area contributed by atoms with Gasteiger partial charge in [-0.1, -0.05) is 12.1 Å². The van der Waals surface area contributed by atoms with Gasteiger partial charge in [0, 0.05) is 18.3 Å². The zero-order valence-electron chi connectivity index (χ0n) is 11.8. The zero-order chi connectivity index (χ0) is 14.5. The maximum Gasteiger partial charge on any atom is 0.407 e. The second kappa shape index (κ2) is 6.43. The number of carbonyl (C=O) groups is 1. The number of amides is 1. The van der Waals surface area contributed by atoms with Gasteiger partial charge < -0.3 is 21.5 Å². The third-order valence-corrected chi connectivity index (χ3v) is 2.47. The standard InChI is InChI=1S/C14H23N3O2/c1-14(2,3)19-13(18)17-12(9-15)8-10-4-6-11(16)7-5-10/h4-7,12H,8-9,15-16H2,1-3H3,(H,17,18). The fourth-order valence-electron chi connectivity index (χ4n) is 1.61. The normalized spacial score (nSPS) is 12.8. The first-order chi connectivity index (χ1) is 8.80. The minimum Gasteiger partial charge on any atom is -0.444 e. The summed E-state index contributed by atoms with van der Waals surface area (Å²) in [5.41, 5.74) is 12.6. The molecule has 0 aliphatic rings. The number of nitrogens with one attached hydrogen (secondary N) is 1. The van der Waals surface area contributed by atoms with Crippen molar-refractivity contribution >= 4 is 11.8 Å². The van der Waals surface area contributed by atoms with E-state index >= 15 is 0 Å². The average molecular weight is 265 g/mol. The fourth-order valence-corrected chi connectivity index (χ4v) is 1.61. The van der Waals surface area contributed by atoms with Crippen molar-refractivity contribution in [3.63, 3.8) is 0 Å². The Hall–Kier alpha value is -1.75. The molecule has 1 aromatic rings. The van der Waals surface area contributed by atoms with Crippen LogP contribution in [-0.4, -0.2) is 24.3 Å². The number of nitrogen functional groups attached to an aromatic ring is 1. The molecule has 19 heavy (non-hydrogen) atoms. The fraction of sp³-hybridized carbons (Fsp3) is 0.500. The molecule has 0 aromatic heterocycles. The molecule has 0 heterocycles. The third kappa shape index (κ3) is 6.10. The van der Waals surface area contributed by atoms with Crippen molar-refractivity contribution in [3.8, 4) is 0 Å². The molecule has 0 radical (unpaired) electrons. The topological polar surface area (TPSA) is 90.4 Å². The van der Waals surface area contributed by atoms with E-state index < -0.39 is 11.7 Å². The van der Waals surface area contributed by atoms with Gasteiger partial charge in [-0.2, -0.15) is 0 Å². The van der Waals surface area contributed by atoms with Gasteiger partial charge in [0.2, 0.25) is 0 Å². The van der Waals surface area contributed by atoms with Crippen LogP contribution in [0.3, 0.4) is 0 Å². The summed E-state index contributed by atoms with van der Waals surface area (Å²) in [6, 6.07) is 7.36. The Morgan fingerprint density at radius 2 is 1.89 bits per heavy atom. The van der Waals surface area contributed by atoms with Crippen LogP contribution in [0, 0.1) is 0 Å². The van der Waals surface area contributed by atoms with Crippen LogP contribution in [0.1, 0.15) is 26.3 Å². The highest BCUT2D eigenvalue weighted by Crippen LogP contribution is 2.09. The molecule has 1 unspecified atom stereocenters. The summed E-state index contributed by atoms with van der Waals surface area (Å²) in [6.07, 6.45) is 0.203. The third-order valence-electron chi connectivity index (χ3n) is 2.47. The van der Waals surface area contributed by atoms with Gasteiger partial charge in [-0.05, 0) is 44.9 Å².